The van der Waals surface area contributed by atoms with Gasteiger partial charge in [0.05, 0.1) is 10.6 Å². The molecule has 0 radical (unpaired) electrons. The summed E-state index contributed by atoms with van der Waals surface area (Å²) < 4.78 is 0.171. The first-order chi connectivity index (χ1) is 9.58. The third kappa shape index (κ3) is 3.41. The van der Waals surface area contributed by atoms with Gasteiger partial charge in [-0.3, -0.25) is 4.79 Å². The molecule has 20 heavy (non-hydrogen) atoms. The third-order valence-electron chi connectivity index (χ3n) is 4.04. The van der Waals surface area contributed by atoms with E-state index in [1.54, 1.807) is 18.2 Å². The molecule has 1 aliphatic carbocycles. The molecule has 0 heterocycles. The van der Waals surface area contributed by atoms with Crippen LogP contribution in [0.5, 0.6) is 0 Å². The van der Waals surface area contributed by atoms with Crippen LogP contribution in [-0.4, -0.2) is 23.5 Å². The SMILES string of the molecule is CSC1(CNC(=O)c2c(N)cccc2Cl)CCCCC1. The molecule has 1 amide bonds. The lowest BCUT2D eigenvalue weighted by Crippen LogP contribution is -2.42. The molecule has 0 aliphatic heterocycles. The second-order valence-corrected chi connectivity index (χ2v) is 7.02. The Morgan fingerprint density at radius 1 is 1.40 bits per heavy atom. The lowest BCUT2D eigenvalue weighted by Gasteiger charge is -2.35. The first kappa shape index (κ1) is 15.5. The van der Waals surface area contributed by atoms with Crippen molar-refractivity contribution >= 4 is 35.0 Å². The predicted molar refractivity (Wildman–Crippen MR) is 87.5 cm³/mol. The van der Waals surface area contributed by atoms with E-state index in [1.807, 2.05) is 11.8 Å². The molecule has 2 rings (SSSR count). The number of halogens is 1. The van der Waals surface area contributed by atoms with Gasteiger partial charge in [-0.2, -0.15) is 11.8 Å². The maximum absolute atomic E-state index is 12.3. The van der Waals surface area contributed by atoms with E-state index in [-0.39, 0.29) is 10.7 Å². The first-order valence-corrected chi connectivity index (χ1v) is 8.56. The summed E-state index contributed by atoms with van der Waals surface area (Å²) in [6.07, 6.45) is 8.23. The maximum atomic E-state index is 12.3. The van der Waals surface area contributed by atoms with Gasteiger partial charge in [-0.05, 0) is 31.2 Å². The zero-order valence-electron chi connectivity index (χ0n) is 11.7. The Balaban J connectivity index is 2.04. The van der Waals surface area contributed by atoms with Crippen molar-refractivity contribution in [2.24, 2.45) is 0 Å². The number of nitrogens with two attached hydrogens (primary N) is 1. The number of amides is 1. The van der Waals surface area contributed by atoms with Crippen molar-refractivity contribution in [2.45, 2.75) is 36.9 Å². The minimum atomic E-state index is -0.174. The number of anilines is 1. The Bertz CT molecular complexity index is 467. The number of hydrogen-bond donors (Lipinski definition) is 2. The molecular formula is C15H21ClN2OS. The van der Waals surface area contributed by atoms with Crippen LogP contribution in [0.1, 0.15) is 42.5 Å². The Morgan fingerprint density at radius 3 is 2.70 bits per heavy atom. The highest BCUT2D eigenvalue weighted by molar-refractivity contribution is 8.00. The van der Waals surface area contributed by atoms with Crippen LogP contribution in [0.25, 0.3) is 0 Å². The van der Waals surface area contributed by atoms with E-state index in [1.165, 1.54) is 19.3 Å². The standard InChI is InChI=1S/C15H21ClN2OS/c1-20-15(8-3-2-4-9-15)10-18-14(19)13-11(16)6-5-7-12(13)17/h5-7H,2-4,8-10,17H2,1H3,(H,18,19). The fourth-order valence-corrected chi connectivity index (χ4v) is 3.94. The van der Waals surface area contributed by atoms with Gasteiger partial charge < -0.3 is 11.1 Å². The number of nitrogen functional groups attached to an aromatic ring is 1. The molecule has 1 fully saturated rings. The average molecular weight is 313 g/mol. The van der Waals surface area contributed by atoms with Crippen molar-refractivity contribution in [2.75, 3.05) is 18.5 Å². The van der Waals surface area contributed by atoms with Crippen LogP contribution in [0.3, 0.4) is 0 Å². The van der Waals surface area contributed by atoms with E-state index in [0.29, 0.717) is 22.8 Å². The van der Waals surface area contributed by atoms with Crippen LogP contribution < -0.4 is 11.1 Å². The Kier molecular flexibility index (Phi) is 5.22. The van der Waals surface area contributed by atoms with Crippen LogP contribution in [0.4, 0.5) is 5.69 Å². The van der Waals surface area contributed by atoms with Crippen molar-refractivity contribution in [3.8, 4) is 0 Å². The van der Waals surface area contributed by atoms with E-state index in [2.05, 4.69) is 11.6 Å². The van der Waals surface area contributed by atoms with E-state index in [9.17, 15) is 4.79 Å². The summed E-state index contributed by atoms with van der Waals surface area (Å²) >= 11 is 7.93. The molecule has 1 aliphatic rings. The number of hydrogen-bond acceptors (Lipinski definition) is 3. The largest absolute Gasteiger partial charge is 0.398 e. The fourth-order valence-electron chi connectivity index (χ4n) is 2.76. The molecule has 0 saturated heterocycles. The Labute approximate surface area is 129 Å². The quantitative estimate of drug-likeness (QED) is 0.833. The number of thioether (sulfide) groups is 1. The molecule has 3 N–H and O–H groups in total. The summed E-state index contributed by atoms with van der Waals surface area (Å²) in [7, 11) is 0. The average Bonchev–Trinajstić information content (AvgIpc) is 2.46. The number of rotatable bonds is 4. The highest BCUT2D eigenvalue weighted by atomic mass is 35.5. The van der Waals surface area contributed by atoms with Gasteiger partial charge in [0, 0.05) is 17.0 Å². The van der Waals surface area contributed by atoms with Crippen molar-refractivity contribution < 1.29 is 4.79 Å². The molecule has 3 nitrogen and oxygen atoms in total. The summed E-state index contributed by atoms with van der Waals surface area (Å²) in [5, 5.41) is 3.42. The predicted octanol–water partition coefficient (Wildman–Crippen LogP) is 3.72. The summed E-state index contributed by atoms with van der Waals surface area (Å²) in [5.41, 5.74) is 6.66. The zero-order chi connectivity index (χ0) is 14.6. The molecule has 110 valence electrons. The van der Waals surface area contributed by atoms with Gasteiger partial charge >= 0.3 is 0 Å². The molecule has 1 saturated carbocycles. The van der Waals surface area contributed by atoms with Crippen molar-refractivity contribution in [1.82, 2.24) is 5.32 Å². The van der Waals surface area contributed by atoms with Gasteiger partial charge in [-0.1, -0.05) is 36.9 Å². The molecule has 1 aromatic rings. The number of nitrogens with one attached hydrogen (secondary N) is 1. The van der Waals surface area contributed by atoms with Gasteiger partial charge in [-0.25, -0.2) is 0 Å². The third-order valence-corrected chi connectivity index (χ3v) is 5.78. The van der Waals surface area contributed by atoms with E-state index in [0.717, 1.165) is 12.8 Å². The van der Waals surface area contributed by atoms with Crippen LogP contribution in [-0.2, 0) is 0 Å². The summed E-state index contributed by atoms with van der Waals surface area (Å²) in [5.74, 6) is -0.174. The lowest BCUT2D eigenvalue weighted by molar-refractivity contribution is 0.0948. The molecule has 5 heteroatoms. The monoisotopic (exact) mass is 312 g/mol. The molecule has 0 atom stereocenters. The molecule has 0 unspecified atom stereocenters. The number of benzene rings is 1. The second-order valence-electron chi connectivity index (χ2n) is 5.33. The van der Waals surface area contributed by atoms with Crippen molar-refractivity contribution in [3.63, 3.8) is 0 Å². The zero-order valence-corrected chi connectivity index (χ0v) is 13.3. The number of carbonyl (C=O) groups excluding carboxylic acids is 1. The van der Waals surface area contributed by atoms with Gasteiger partial charge in [0.1, 0.15) is 0 Å². The van der Waals surface area contributed by atoms with Gasteiger partial charge in [0.15, 0.2) is 0 Å². The highest BCUT2D eigenvalue weighted by Gasteiger charge is 2.31. The minimum absolute atomic E-state index is 0.171. The first-order valence-electron chi connectivity index (χ1n) is 6.95. The summed E-state index contributed by atoms with van der Waals surface area (Å²) in [6.45, 7) is 0.678. The molecule has 1 aromatic carbocycles. The smallest absolute Gasteiger partial charge is 0.254 e. The summed E-state index contributed by atoms with van der Waals surface area (Å²) in [4.78, 5) is 12.3. The molecular weight excluding hydrogens is 292 g/mol. The number of carbonyl (C=O) groups is 1. The topological polar surface area (TPSA) is 55.1 Å². The molecule has 0 spiro atoms. The maximum Gasteiger partial charge on any atom is 0.254 e. The highest BCUT2D eigenvalue weighted by Crippen LogP contribution is 2.38. The van der Waals surface area contributed by atoms with Crippen LogP contribution in [0.2, 0.25) is 5.02 Å². The van der Waals surface area contributed by atoms with E-state index < -0.39 is 0 Å². The van der Waals surface area contributed by atoms with Crippen molar-refractivity contribution in [1.29, 1.82) is 0 Å². The fraction of sp³-hybridized carbons (Fsp3) is 0.533. The second kappa shape index (κ2) is 6.72. The summed E-state index contributed by atoms with van der Waals surface area (Å²) in [6, 6.07) is 5.14. The van der Waals surface area contributed by atoms with Gasteiger partial charge in [0.2, 0.25) is 0 Å². The van der Waals surface area contributed by atoms with Crippen LogP contribution >= 0.6 is 23.4 Å². The van der Waals surface area contributed by atoms with E-state index >= 15 is 0 Å². The van der Waals surface area contributed by atoms with Gasteiger partial charge in [-0.15, -0.1) is 0 Å². The van der Waals surface area contributed by atoms with E-state index in [4.69, 9.17) is 17.3 Å². The van der Waals surface area contributed by atoms with Crippen molar-refractivity contribution in [3.05, 3.63) is 28.8 Å². The Morgan fingerprint density at radius 2 is 2.10 bits per heavy atom. The minimum Gasteiger partial charge on any atom is -0.398 e. The normalized spacial score (nSPS) is 17.7. The molecule has 0 bridgehead atoms. The lowest BCUT2D eigenvalue weighted by atomic mass is 9.88. The van der Waals surface area contributed by atoms with Crippen LogP contribution in [0, 0.1) is 0 Å². The van der Waals surface area contributed by atoms with Crippen LogP contribution in [0.15, 0.2) is 18.2 Å². The van der Waals surface area contributed by atoms with Gasteiger partial charge in [0.25, 0.3) is 5.91 Å². The Hall–Kier alpha value is -0.870. The molecule has 0 aromatic heterocycles.